The van der Waals surface area contributed by atoms with Crippen LogP contribution in [0.4, 0.5) is 0 Å². The SMILES string of the molecule is Cc1cc(C(C)(C)C)cc(C)c1-c1c2ccccc2c(C(N=[N-])=c2c(C)cc(=c3ccc(=c4cc(C)c(=C([N+]#N)c5c6ccccc6c(-c6c(C)cc(C(C)(C)C)cc6C)c6ccccc56)c(C)c4)s3)cc2C)c2ccccc12. The van der Waals surface area contributed by atoms with Crippen LogP contribution in [0.1, 0.15) is 108 Å². The highest BCUT2D eigenvalue weighted by molar-refractivity contribution is 7.08. The number of benzene rings is 10. The van der Waals surface area contributed by atoms with Crippen molar-refractivity contribution < 1.29 is 0 Å². The molecule has 0 saturated carbocycles. The smallest absolute Gasteiger partial charge is 0.401 e. The lowest BCUT2D eigenvalue weighted by Gasteiger charge is -2.25. The second-order valence-corrected chi connectivity index (χ2v) is 25.3. The van der Waals surface area contributed by atoms with Gasteiger partial charge in [0.1, 0.15) is 0 Å². The molecular weight excluding hydrogens is 977 g/mol. The number of diazo groups is 1. The number of rotatable bonds is 5. The Morgan fingerprint density at radius 2 is 0.696 bits per heavy atom. The minimum absolute atomic E-state index is 0.0286. The summed E-state index contributed by atoms with van der Waals surface area (Å²) in [4.78, 5) is 4.19. The molecule has 0 atom stereocenters. The van der Waals surface area contributed by atoms with Gasteiger partial charge in [0.05, 0.1) is 16.5 Å². The lowest BCUT2D eigenvalue weighted by atomic mass is 9.80. The molecule has 4 nitrogen and oxygen atoms in total. The molecule has 0 fully saturated rings. The number of hydrogen-bond donors (Lipinski definition) is 0. The molecule has 5 heteroatoms. The molecule has 0 N–H and O–H groups in total. The standard InChI is InChI=1S/C74H68N4S/c1-41-33-49(34-42(2)65(41)71(77-75)69-57-27-19-15-23-53(57)67(54-24-16-20-28-58(54)69)63-45(5)37-51(38-46(63)6)73(9,10)11)61-31-32-62(79-61)50-35-43(3)66(44(4)36-50)72(78-76)70-59-29-21-17-25-55(59)68(56-26-18-22-30-60(56)70)64-47(7)39-52(40-48(64)8)74(12,13)14/h15-40H,1-14H3. The second-order valence-electron chi connectivity index (χ2n) is 24.2. The molecule has 11 aromatic rings. The highest BCUT2D eigenvalue weighted by atomic mass is 32.1. The molecule has 0 amide bonds. The van der Waals surface area contributed by atoms with Gasteiger partial charge in [-0.15, -0.1) is 11.3 Å². The topological polar surface area (TPSA) is 62.8 Å². The molecule has 390 valence electrons. The molecule has 1 heterocycles. The number of aryl methyl sites for hydroxylation is 8. The summed E-state index contributed by atoms with van der Waals surface area (Å²) in [7, 11) is 0. The maximum absolute atomic E-state index is 11.2. The summed E-state index contributed by atoms with van der Waals surface area (Å²) in [5.74, 6) is 0. The minimum atomic E-state index is 0.0286. The van der Waals surface area contributed by atoms with Gasteiger partial charge in [0, 0.05) is 19.8 Å². The first-order valence-corrected chi connectivity index (χ1v) is 28.4. The third kappa shape index (κ3) is 8.97. The van der Waals surface area contributed by atoms with Gasteiger partial charge in [-0.25, -0.2) is 0 Å². The molecular formula is C74H68N4S. The van der Waals surface area contributed by atoms with E-state index in [1.54, 1.807) is 11.3 Å². The van der Waals surface area contributed by atoms with E-state index in [2.05, 4.69) is 265 Å². The summed E-state index contributed by atoms with van der Waals surface area (Å²) in [5.41, 5.74) is 30.9. The van der Waals surface area contributed by atoms with Crippen LogP contribution in [0.3, 0.4) is 0 Å². The molecule has 1 aromatic heterocycles. The van der Waals surface area contributed by atoms with Crippen molar-refractivity contribution in [2.45, 2.75) is 108 Å². The summed E-state index contributed by atoms with van der Waals surface area (Å²) < 4.78 is 2.29. The van der Waals surface area contributed by atoms with Crippen LogP contribution in [0.15, 0.2) is 163 Å². The lowest BCUT2D eigenvalue weighted by Crippen LogP contribution is -2.15. The zero-order valence-corrected chi connectivity index (χ0v) is 49.0. The van der Waals surface area contributed by atoms with Crippen molar-refractivity contribution in [3.63, 3.8) is 0 Å². The van der Waals surface area contributed by atoms with Crippen LogP contribution >= 0.6 is 11.3 Å². The summed E-state index contributed by atoms with van der Waals surface area (Å²) in [5, 5.41) is 28.2. The Hall–Kier alpha value is -8.30. The maximum Gasteiger partial charge on any atom is 0.401 e. The first-order valence-electron chi connectivity index (χ1n) is 27.6. The Morgan fingerprint density at radius 3 is 1.00 bits per heavy atom. The molecule has 10 aromatic carbocycles. The number of fused-ring (bicyclic) bond motifs is 4. The average molecular weight is 1050 g/mol. The molecule has 0 aliphatic carbocycles. The monoisotopic (exact) mass is 1040 g/mol. The molecule has 0 aliphatic rings. The summed E-state index contributed by atoms with van der Waals surface area (Å²) >= 11 is 1.76. The van der Waals surface area contributed by atoms with Gasteiger partial charge >= 0.3 is 5.70 Å². The van der Waals surface area contributed by atoms with E-state index >= 15 is 0 Å². The van der Waals surface area contributed by atoms with Crippen molar-refractivity contribution in [1.29, 1.82) is 5.39 Å². The Bertz CT molecular complexity index is 4580. The van der Waals surface area contributed by atoms with E-state index < -0.39 is 0 Å². The van der Waals surface area contributed by atoms with Crippen molar-refractivity contribution in [3.05, 3.63) is 265 Å². The van der Waals surface area contributed by atoms with Crippen LogP contribution < -0.4 is 10.4 Å². The summed E-state index contributed by atoms with van der Waals surface area (Å²) in [6.45, 7) is 31.1. The first kappa shape index (κ1) is 52.7. The summed E-state index contributed by atoms with van der Waals surface area (Å²) in [6, 6.07) is 57.2. The lowest BCUT2D eigenvalue weighted by molar-refractivity contribution is 0.589. The van der Waals surface area contributed by atoms with E-state index in [0.29, 0.717) is 11.4 Å². The van der Waals surface area contributed by atoms with Crippen molar-refractivity contribution in [1.82, 2.24) is 0 Å². The van der Waals surface area contributed by atoms with Crippen molar-refractivity contribution in [2.75, 3.05) is 0 Å². The van der Waals surface area contributed by atoms with Gasteiger partial charge < -0.3 is 10.6 Å². The van der Waals surface area contributed by atoms with Crippen molar-refractivity contribution in [3.8, 4) is 22.3 Å². The van der Waals surface area contributed by atoms with Crippen LogP contribution in [0.25, 0.3) is 87.2 Å². The van der Waals surface area contributed by atoms with Gasteiger partial charge in [-0.05, 0) is 234 Å². The van der Waals surface area contributed by atoms with Crippen LogP contribution in [0.2, 0.25) is 0 Å². The zero-order valence-electron chi connectivity index (χ0n) is 48.2. The Morgan fingerprint density at radius 1 is 0.392 bits per heavy atom. The van der Waals surface area contributed by atoms with Gasteiger partial charge in [-0.3, -0.25) is 0 Å². The number of nitrogens with zero attached hydrogens (tertiary/aromatic N) is 4. The second kappa shape index (κ2) is 19.9. The molecule has 0 saturated heterocycles. The number of hydrogen-bond acceptors (Lipinski definition) is 3. The third-order valence-corrected chi connectivity index (χ3v) is 17.7. The zero-order chi connectivity index (χ0) is 56.0. The van der Waals surface area contributed by atoms with Gasteiger partial charge in [0.2, 0.25) is 5.39 Å². The van der Waals surface area contributed by atoms with Gasteiger partial charge in [-0.1, -0.05) is 163 Å². The predicted molar refractivity (Wildman–Crippen MR) is 337 cm³/mol. The van der Waals surface area contributed by atoms with E-state index in [1.165, 1.54) is 55.6 Å². The van der Waals surface area contributed by atoms with Crippen molar-refractivity contribution >= 4 is 65.8 Å². The molecule has 11 rings (SSSR count). The molecule has 0 aliphatic heterocycles. The third-order valence-electron chi connectivity index (χ3n) is 16.5. The van der Waals surface area contributed by atoms with E-state index in [9.17, 15) is 10.9 Å². The van der Waals surface area contributed by atoms with E-state index in [4.69, 9.17) is 0 Å². The molecule has 0 bridgehead atoms. The number of thiophene rings is 1. The maximum atomic E-state index is 11.2. The summed E-state index contributed by atoms with van der Waals surface area (Å²) in [6.07, 6.45) is 0. The van der Waals surface area contributed by atoms with Crippen LogP contribution in [0.5, 0.6) is 0 Å². The molecule has 0 radical (unpaired) electrons. The predicted octanol–water partition coefficient (Wildman–Crippen LogP) is 19.5. The molecule has 0 spiro atoms. The van der Waals surface area contributed by atoms with Crippen LogP contribution in [-0.4, -0.2) is 0 Å². The van der Waals surface area contributed by atoms with Crippen molar-refractivity contribution in [2.24, 2.45) is 5.11 Å². The van der Waals surface area contributed by atoms with Gasteiger partial charge in [0.15, 0.2) is 4.98 Å². The van der Waals surface area contributed by atoms with Crippen LogP contribution in [-0.2, 0) is 10.8 Å². The highest BCUT2D eigenvalue weighted by Crippen LogP contribution is 2.47. The highest BCUT2D eigenvalue weighted by Gasteiger charge is 2.29. The fraction of sp³-hybridized carbons (Fsp3) is 0.216. The van der Waals surface area contributed by atoms with E-state index in [0.717, 1.165) is 106 Å². The largest absolute Gasteiger partial charge is 0.706 e. The Balaban J connectivity index is 1.08. The average Bonchev–Trinajstić information content (AvgIpc) is 4.04. The van der Waals surface area contributed by atoms with E-state index in [-0.39, 0.29) is 10.8 Å². The molecule has 0 unspecified atom stereocenters. The normalized spacial score (nSPS) is 12.0. The Kier molecular flexibility index (Phi) is 13.3. The fourth-order valence-electron chi connectivity index (χ4n) is 12.9. The van der Waals surface area contributed by atoms with Crippen LogP contribution in [0, 0.1) is 80.3 Å². The van der Waals surface area contributed by atoms with Gasteiger partial charge in [-0.2, -0.15) is 0 Å². The Labute approximate surface area is 468 Å². The minimum Gasteiger partial charge on any atom is -0.706 e. The quantitative estimate of drug-likeness (QED) is 0.0962. The fourth-order valence-corrected chi connectivity index (χ4v) is 13.9. The molecule has 79 heavy (non-hydrogen) atoms. The first-order chi connectivity index (χ1) is 37.7. The van der Waals surface area contributed by atoms with E-state index in [1.807, 2.05) is 0 Å². The van der Waals surface area contributed by atoms with Gasteiger partial charge in [0.25, 0.3) is 0 Å².